The molecule has 0 aliphatic carbocycles. The molecule has 0 aliphatic rings. The van der Waals surface area contributed by atoms with Gasteiger partial charge < -0.3 is 5.11 Å². The monoisotopic (exact) mass is 266 g/mol. The highest BCUT2D eigenvalue weighted by molar-refractivity contribution is 8.01. The highest BCUT2D eigenvalue weighted by Crippen LogP contribution is 2.25. The van der Waals surface area contributed by atoms with E-state index in [2.05, 4.69) is 10.2 Å². The van der Waals surface area contributed by atoms with Crippen molar-refractivity contribution in [2.24, 2.45) is 0 Å². The van der Waals surface area contributed by atoms with E-state index >= 15 is 0 Å². The molecule has 1 N–H and O–H groups in total. The Morgan fingerprint density at radius 3 is 2.71 bits per heavy atom. The van der Waals surface area contributed by atoms with Crippen LogP contribution in [0.3, 0.4) is 0 Å². The molecule has 0 spiro atoms. The van der Waals surface area contributed by atoms with Gasteiger partial charge in [-0.15, -0.1) is 10.2 Å². The van der Waals surface area contributed by atoms with Crippen LogP contribution in [0.5, 0.6) is 0 Å². The molecule has 0 fully saturated rings. The van der Waals surface area contributed by atoms with Gasteiger partial charge in [-0.2, -0.15) is 0 Å². The van der Waals surface area contributed by atoms with Crippen molar-refractivity contribution in [2.75, 3.05) is 5.75 Å². The maximum absolute atomic E-state index is 9.96. The standard InChI is InChI=1S/C12H14N2OS2/c1-9-13-14-12(17-9)16-8-7-11(15)10-5-3-2-4-6-10/h2-6,11,15H,7-8H2,1H3/t11-/m0/s1. The van der Waals surface area contributed by atoms with Gasteiger partial charge in [0.25, 0.3) is 0 Å². The molecular weight excluding hydrogens is 252 g/mol. The molecule has 0 unspecified atom stereocenters. The highest BCUT2D eigenvalue weighted by Gasteiger charge is 2.08. The molecule has 0 amide bonds. The molecule has 1 aromatic heterocycles. The van der Waals surface area contributed by atoms with Gasteiger partial charge in [-0.3, -0.25) is 0 Å². The van der Waals surface area contributed by atoms with E-state index < -0.39 is 6.10 Å². The Bertz CT molecular complexity index is 459. The summed E-state index contributed by atoms with van der Waals surface area (Å²) in [6.45, 7) is 1.94. The van der Waals surface area contributed by atoms with Gasteiger partial charge in [0.2, 0.25) is 0 Å². The Hall–Kier alpha value is -0.910. The van der Waals surface area contributed by atoms with Crippen LogP contribution >= 0.6 is 23.1 Å². The minimum atomic E-state index is -0.391. The van der Waals surface area contributed by atoms with Crippen LogP contribution in [0, 0.1) is 6.92 Å². The number of aliphatic hydroxyl groups is 1. The first kappa shape index (κ1) is 12.5. The van der Waals surface area contributed by atoms with Gasteiger partial charge in [0.05, 0.1) is 6.10 Å². The van der Waals surface area contributed by atoms with Crippen LogP contribution in [0.25, 0.3) is 0 Å². The predicted molar refractivity (Wildman–Crippen MR) is 71.4 cm³/mol. The average molecular weight is 266 g/mol. The van der Waals surface area contributed by atoms with Crippen molar-refractivity contribution in [2.45, 2.75) is 23.8 Å². The summed E-state index contributed by atoms with van der Waals surface area (Å²) >= 11 is 3.24. The summed E-state index contributed by atoms with van der Waals surface area (Å²) in [5, 5.41) is 18.9. The van der Waals surface area contributed by atoms with Crippen LogP contribution in [-0.2, 0) is 0 Å². The molecule has 1 aromatic carbocycles. The number of thioether (sulfide) groups is 1. The van der Waals surface area contributed by atoms with E-state index in [0.717, 1.165) is 27.1 Å². The van der Waals surface area contributed by atoms with Crippen molar-refractivity contribution in [3.8, 4) is 0 Å². The molecule has 3 nitrogen and oxygen atoms in total. The first-order valence-electron chi connectivity index (χ1n) is 5.41. The molecule has 90 valence electrons. The summed E-state index contributed by atoms with van der Waals surface area (Å²) in [6, 6.07) is 9.74. The van der Waals surface area contributed by atoms with E-state index in [1.54, 1.807) is 23.1 Å². The lowest BCUT2D eigenvalue weighted by Crippen LogP contribution is -1.98. The number of aliphatic hydroxyl groups excluding tert-OH is 1. The number of nitrogens with zero attached hydrogens (tertiary/aromatic N) is 2. The fourth-order valence-corrected chi connectivity index (χ4v) is 3.31. The van der Waals surface area contributed by atoms with Crippen LogP contribution in [0.1, 0.15) is 23.1 Å². The third-order valence-electron chi connectivity index (χ3n) is 2.31. The van der Waals surface area contributed by atoms with Crippen LogP contribution in [0.4, 0.5) is 0 Å². The highest BCUT2D eigenvalue weighted by atomic mass is 32.2. The Balaban J connectivity index is 1.79. The molecular formula is C12H14N2OS2. The zero-order valence-corrected chi connectivity index (χ0v) is 11.2. The van der Waals surface area contributed by atoms with E-state index in [0.29, 0.717) is 0 Å². The molecule has 1 heterocycles. The topological polar surface area (TPSA) is 46.0 Å². The molecule has 0 saturated heterocycles. The molecule has 2 rings (SSSR count). The Morgan fingerprint density at radius 1 is 1.29 bits per heavy atom. The molecule has 0 bridgehead atoms. The molecule has 17 heavy (non-hydrogen) atoms. The number of aryl methyl sites for hydroxylation is 1. The molecule has 0 aliphatic heterocycles. The van der Waals surface area contributed by atoms with Crippen molar-refractivity contribution in [3.63, 3.8) is 0 Å². The van der Waals surface area contributed by atoms with Crippen molar-refractivity contribution >= 4 is 23.1 Å². The van der Waals surface area contributed by atoms with E-state index in [1.165, 1.54) is 0 Å². The molecule has 5 heteroatoms. The van der Waals surface area contributed by atoms with Crippen LogP contribution in [0.15, 0.2) is 34.7 Å². The lowest BCUT2D eigenvalue weighted by molar-refractivity contribution is 0.175. The van der Waals surface area contributed by atoms with E-state index in [1.807, 2.05) is 37.3 Å². The molecule has 0 saturated carbocycles. The largest absolute Gasteiger partial charge is 0.388 e. The van der Waals surface area contributed by atoms with E-state index in [4.69, 9.17) is 0 Å². The van der Waals surface area contributed by atoms with Gasteiger partial charge in [-0.05, 0) is 18.9 Å². The summed E-state index contributed by atoms with van der Waals surface area (Å²) in [4.78, 5) is 0. The molecule has 1 atom stereocenters. The number of hydrogen-bond acceptors (Lipinski definition) is 5. The predicted octanol–water partition coefficient (Wildman–Crippen LogP) is 3.06. The minimum absolute atomic E-state index is 0.391. The fraction of sp³-hybridized carbons (Fsp3) is 0.333. The van der Waals surface area contributed by atoms with Crippen molar-refractivity contribution in [3.05, 3.63) is 40.9 Å². The van der Waals surface area contributed by atoms with Gasteiger partial charge in [-0.25, -0.2) is 0 Å². The van der Waals surface area contributed by atoms with Crippen LogP contribution < -0.4 is 0 Å². The SMILES string of the molecule is Cc1nnc(SCC[C@H](O)c2ccccc2)s1. The van der Waals surface area contributed by atoms with Crippen molar-refractivity contribution < 1.29 is 5.11 Å². The van der Waals surface area contributed by atoms with Gasteiger partial charge in [0.15, 0.2) is 4.34 Å². The number of benzene rings is 1. The van der Waals surface area contributed by atoms with Gasteiger partial charge in [0.1, 0.15) is 5.01 Å². The lowest BCUT2D eigenvalue weighted by Gasteiger charge is -2.09. The van der Waals surface area contributed by atoms with Crippen LogP contribution in [-0.4, -0.2) is 21.1 Å². The third kappa shape index (κ3) is 3.80. The smallest absolute Gasteiger partial charge is 0.174 e. The average Bonchev–Trinajstić information content (AvgIpc) is 2.76. The number of hydrogen-bond donors (Lipinski definition) is 1. The first-order chi connectivity index (χ1) is 8.25. The summed E-state index contributed by atoms with van der Waals surface area (Å²) in [5.41, 5.74) is 0.974. The second kappa shape index (κ2) is 6.14. The van der Waals surface area contributed by atoms with E-state index in [9.17, 15) is 5.11 Å². The van der Waals surface area contributed by atoms with E-state index in [-0.39, 0.29) is 0 Å². The maximum atomic E-state index is 9.96. The summed E-state index contributed by atoms with van der Waals surface area (Å²) in [5.74, 6) is 0.852. The minimum Gasteiger partial charge on any atom is -0.388 e. The third-order valence-corrected chi connectivity index (χ3v) is 4.31. The zero-order valence-electron chi connectivity index (χ0n) is 9.54. The molecule has 2 aromatic rings. The first-order valence-corrected chi connectivity index (χ1v) is 7.22. The van der Waals surface area contributed by atoms with Gasteiger partial charge in [-0.1, -0.05) is 53.4 Å². The summed E-state index contributed by atoms with van der Waals surface area (Å²) in [6.07, 6.45) is 0.338. The lowest BCUT2D eigenvalue weighted by atomic mass is 10.1. The Labute approximate surface area is 109 Å². The zero-order chi connectivity index (χ0) is 12.1. The Morgan fingerprint density at radius 2 is 2.06 bits per heavy atom. The Kier molecular flexibility index (Phi) is 4.53. The molecule has 0 radical (unpaired) electrons. The second-order valence-electron chi connectivity index (χ2n) is 3.65. The van der Waals surface area contributed by atoms with Gasteiger partial charge >= 0.3 is 0 Å². The number of aromatic nitrogens is 2. The number of rotatable bonds is 5. The van der Waals surface area contributed by atoms with Gasteiger partial charge in [0, 0.05) is 5.75 Å². The maximum Gasteiger partial charge on any atom is 0.174 e. The fourth-order valence-electron chi connectivity index (χ4n) is 1.44. The summed E-state index contributed by atoms with van der Waals surface area (Å²) < 4.78 is 0.975. The quantitative estimate of drug-likeness (QED) is 0.845. The van der Waals surface area contributed by atoms with Crippen molar-refractivity contribution in [1.29, 1.82) is 0 Å². The van der Waals surface area contributed by atoms with Crippen molar-refractivity contribution in [1.82, 2.24) is 10.2 Å². The summed E-state index contributed by atoms with van der Waals surface area (Å²) in [7, 11) is 0. The van der Waals surface area contributed by atoms with Crippen LogP contribution in [0.2, 0.25) is 0 Å². The normalized spacial score (nSPS) is 12.6. The second-order valence-corrected chi connectivity index (χ2v) is 6.17.